The van der Waals surface area contributed by atoms with Crippen molar-refractivity contribution in [3.8, 4) is 0 Å². The summed E-state index contributed by atoms with van der Waals surface area (Å²) in [4.78, 5) is 10.5. The highest BCUT2D eigenvalue weighted by Gasteiger charge is 2.31. The molecule has 0 aromatic carbocycles. The van der Waals surface area contributed by atoms with Crippen LogP contribution in [0.1, 0.15) is 6.92 Å². The van der Waals surface area contributed by atoms with Crippen molar-refractivity contribution in [1.29, 1.82) is 0 Å². The number of aliphatic carboxylic acids is 1. The Morgan fingerprint density at radius 3 is 2.06 bits per heavy atom. The SMILES string of the molecule is CC(C(=O)O)S(=O)(=O)N(C)CCS(C)(=O)=O. The number of sulfonamides is 1. The molecule has 0 rings (SSSR count). The van der Waals surface area contributed by atoms with Crippen LogP contribution in [0.25, 0.3) is 0 Å². The molecule has 0 saturated heterocycles. The third-order valence-electron chi connectivity index (χ3n) is 2.01. The van der Waals surface area contributed by atoms with Crippen LogP contribution in [-0.4, -0.2) is 63.1 Å². The Hall–Kier alpha value is -0.670. The van der Waals surface area contributed by atoms with E-state index in [-0.39, 0.29) is 12.3 Å². The fourth-order valence-corrected chi connectivity index (χ4v) is 2.68. The number of hydrogen-bond acceptors (Lipinski definition) is 5. The van der Waals surface area contributed by atoms with Crippen molar-refractivity contribution >= 4 is 25.8 Å². The Labute approximate surface area is 95.0 Å². The van der Waals surface area contributed by atoms with E-state index in [9.17, 15) is 21.6 Å². The summed E-state index contributed by atoms with van der Waals surface area (Å²) >= 11 is 0. The number of nitrogens with zero attached hydrogens (tertiary/aromatic N) is 1. The third-order valence-corrected chi connectivity index (χ3v) is 5.08. The quantitative estimate of drug-likeness (QED) is 0.648. The highest BCUT2D eigenvalue weighted by Crippen LogP contribution is 2.07. The minimum Gasteiger partial charge on any atom is -0.480 e. The Bertz CT molecular complexity index is 451. The molecule has 0 radical (unpaired) electrons. The lowest BCUT2D eigenvalue weighted by Gasteiger charge is -2.18. The van der Waals surface area contributed by atoms with Crippen LogP contribution in [0.5, 0.6) is 0 Å². The molecule has 0 aromatic heterocycles. The van der Waals surface area contributed by atoms with Gasteiger partial charge in [-0.05, 0) is 6.92 Å². The first-order valence-corrected chi connectivity index (χ1v) is 7.90. The lowest BCUT2D eigenvalue weighted by Crippen LogP contribution is -2.40. The predicted octanol–water partition coefficient (Wildman–Crippen LogP) is -1.23. The number of carboxylic acid groups (broad SMARTS) is 1. The molecule has 0 aliphatic rings. The van der Waals surface area contributed by atoms with Gasteiger partial charge < -0.3 is 5.11 Å². The van der Waals surface area contributed by atoms with E-state index < -0.39 is 31.1 Å². The van der Waals surface area contributed by atoms with E-state index in [0.29, 0.717) is 0 Å². The van der Waals surface area contributed by atoms with Crippen LogP contribution in [0.3, 0.4) is 0 Å². The minimum atomic E-state index is -3.99. The first-order chi connectivity index (χ1) is 6.98. The van der Waals surface area contributed by atoms with Crippen molar-refractivity contribution < 1.29 is 26.7 Å². The molecule has 1 N–H and O–H groups in total. The maximum Gasteiger partial charge on any atom is 0.323 e. The van der Waals surface area contributed by atoms with E-state index in [0.717, 1.165) is 24.5 Å². The number of carbonyl (C=O) groups is 1. The lowest BCUT2D eigenvalue weighted by atomic mass is 10.5. The van der Waals surface area contributed by atoms with Gasteiger partial charge >= 0.3 is 5.97 Å². The van der Waals surface area contributed by atoms with Gasteiger partial charge in [0, 0.05) is 19.8 Å². The van der Waals surface area contributed by atoms with Gasteiger partial charge in [0.05, 0.1) is 5.75 Å². The van der Waals surface area contributed by atoms with Crippen molar-refractivity contribution in [3.63, 3.8) is 0 Å². The van der Waals surface area contributed by atoms with E-state index >= 15 is 0 Å². The molecule has 0 fully saturated rings. The molecule has 9 heteroatoms. The number of rotatable bonds is 6. The lowest BCUT2D eigenvalue weighted by molar-refractivity contribution is -0.136. The van der Waals surface area contributed by atoms with Crippen LogP contribution < -0.4 is 0 Å². The fourth-order valence-electron chi connectivity index (χ4n) is 0.819. The van der Waals surface area contributed by atoms with E-state index in [1.54, 1.807) is 0 Å². The molecule has 0 bridgehead atoms. The smallest absolute Gasteiger partial charge is 0.323 e. The van der Waals surface area contributed by atoms with Crippen LogP contribution in [-0.2, 0) is 24.7 Å². The molecule has 0 heterocycles. The molecule has 7 nitrogen and oxygen atoms in total. The van der Waals surface area contributed by atoms with Crippen LogP contribution in [0.15, 0.2) is 0 Å². The molecule has 0 amide bonds. The Balaban J connectivity index is 4.73. The zero-order valence-electron chi connectivity index (χ0n) is 9.24. The average molecular weight is 273 g/mol. The topological polar surface area (TPSA) is 109 Å². The standard InChI is InChI=1S/C7H15NO6S2/c1-6(7(9)10)16(13,14)8(2)4-5-15(3,11)12/h6H,4-5H2,1-3H3,(H,9,10). The highest BCUT2D eigenvalue weighted by molar-refractivity contribution is 7.91. The van der Waals surface area contributed by atoms with Gasteiger partial charge in [-0.1, -0.05) is 0 Å². The van der Waals surface area contributed by atoms with Gasteiger partial charge in [0.1, 0.15) is 9.84 Å². The van der Waals surface area contributed by atoms with E-state index in [1.165, 1.54) is 0 Å². The second-order valence-corrected chi connectivity index (χ2v) is 8.10. The molecule has 16 heavy (non-hydrogen) atoms. The second kappa shape index (κ2) is 5.11. The van der Waals surface area contributed by atoms with Gasteiger partial charge in [0.2, 0.25) is 10.0 Å². The monoisotopic (exact) mass is 273 g/mol. The van der Waals surface area contributed by atoms with Crippen molar-refractivity contribution in [1.82, 2.24) is 4.31 Å². The van der Waals surface area contributed by atoms with Crippen molar-refractivity contribution in [2.24, 2.45) is 0 Å². The number of sulfone groups is 1. The normalized spacial score (nSPS) is 15.0. The van der Waals surface area contributed by atoms with Crippen LogP contribution in [0, 0.1) is 0 Å². The van der Waals surface area contributed by atoms with Crippen molar-refractivity contribution in [2.75, 3.05) is 25.6 Å². The molecular formula is C7H15NO6S2. The molecule has 0 aromatic rings. The van der Waals surface area contributed by atoms with Crippen molar-refractivity contribution in [3.05, 3.63) is 0 Å². The molecule has 1 unspecified atom stereocenters. The van der Waals surface area contributed by atoms with Gasteiger partial charge in [-0.15, -0.1) is 0 Å². The summed E-state index contributed by atoms with van der Waals surface area (Å²) in [6.45, 7) is 0.785. The maximum atomic E-state index is 11.5. The maximum absolute atomic E-state index is 11.5. The van der Waals surface area contributed by atoms with Gasteiger partial charge in [-0.25, -0.2) is 21.1 Å². The number of hydrogen-bond donors (Lipinski definition) is 1. The van der Waals surface area contributed by atoms with Crippen LogP contribution >= 0.6 is 0 Å². The van der Waals surface area contributed by atoms with Crippen LogP contribution in [0.4, 0.5) is 0 Å². The summed E-state index contributed by atoms with van der Waals surface area (Å²) < 4.78 is 45.5. The fraction of sp³-hybridized carbons (Fsp3) is 0.857. The molecule has 0 saturated carbocycles. The first-order valence-electron chi connectivity index (χ1n) is 4.34. The Morgan fingerprint density at radius 1 is 1.31 bits per heavy atom. The zero-order valence-corrected chi connectivity index (χ0v) is 10.9. The minimum absolute atomic E-state index is 0.251. The van der Waals surface area contributed by atoms with E-state index in [2.05, 4.69) is 0 Å². The van der Waals surface area contributed by atoms with Gasteiger partial charge in [-0.3, -0.25) is 4.79 Å². The molecule has 0 aliphatic heterocycles. The molecule has 96 valence electrons. The van der Waals surface area contributed by atoms with Crippen molar-refractivity contribution in [2.45, 2.75) is 12.2 Å². The van der Waals surface area contributed by atoms with Crippen LogP contribution in [0.2, 0.25) is 0 Å². The molecule has 0 spiro atoms. The van der Waals surface area contributed by atoms with Gasteiger partial charge in [0.25, 0.3) is 0 Å². The second-order valence-electron chi connectivity index (χ2n) is 3.48. The zero-order chi connectivity index (χ0) is 13.1. The van der Waals surface area contributed by atoms with E-state index in [1.807, 2.05) is 0 Å². The Kier molecular flexibility index (Phi) is 4.89. The third kappa shape index (κ3) is 4.45. The summed E-state index contributed by atoms with van der Waals surface area (Å²) in [5, 5.41) is 6.98. The Morgan fingerprint density at radius 2 is 1.75 bits per heavy atom. The van der Waals surface area contributed by atoms with Gasteiger partial charge in [0.15, 0.2) is 5.25 Å². The molecular weight excluding hydrogens is 258 g/mol. The summed E-state index contributed by atoms with van der Waals surface area (Å²) in [5.41, 5.74) is 0. The molecule has 1 atom stereocenters. The first kappa shape index (κ1) is 15.3. The summed E-state index contributed by atoms with van der Waals surface area (Å²) in [6.07, 6.45) is 0.980. The summed E-state index contributed by atoms with van der Waals surface area (Å²) in [7, 11) is -6.12. The summed E-state index contributed by atoms with van der Waals surface area (Å²) in [5.74, 6) is -1.80. The molecule has 0 aliphatic carbocycles. The highest BCUT2D eigenvalue weighted by atomic mass is 32.2. The van der Waals surface area contributed by atoms with Gasteiger partial charge in [-0.2, -0.15) is 0 Å². The van der Waals surface area contributed by atoms with E-state index in [4.69, 9.17) is 5.11 Å². The number of carboxylic acids is 1. The predicted molar refractivity (Wildman–Crippen MR) is 58.4 cm³/mol. The largest absolute Gasteiger partial charge is 0.480 e. The summed E-state index contributed by atoms with van der Waals surface area (Å²) in [6, 6.07) is 0. The average Bonchev–Trinajstić information content (AvgIpc) is 2.11.